The van der Waals surface area contributed by atoms with Gasteiger partial charge in [0.05, 0.1) is 0 Å². The number of aromatic nitrogens is 1. The average Bonchev–Trinajstić information content (AvgIpc) is 2.07. The molecule has 0 N–H and O–H groups in total. The Hall–Kier alpha value is -0.500. The molecule has 1 nitrogen and oxygen atoms in total. The number of hydrogen-bond acceptors (Lipinski definition) is 2. The van der Waals surface area contributed by atoms with Crippen LogP contribution in [0.1, 0.15) is 24.7 Å². The largest absolute Gasteiger partial charge is 0.264 e. The van der Waals surface area contributed by atoms with E-state index < -0.39 is 0 Å². The van der Waals surface area contributed by atoms with Crippen LogP contribution in [-0.2, 0) is 0 Å². The van der Waals surface area contributed by atoms with Crippen molar-refractivity contribution in [2.24, 2.45) is 0 Å². The van der Waals surface area contributed by atoms with E-state index in [1.54, 1.807) is 0 Å². The first kappa shape index (κ1) is 8.60. The van der Waals surface area contributed by atoms with Gasteiger partial charge in [-0.05, 0) is 24.3 Å². The minimum absolute atomic E-state index is 0.578. The Balaban J connectivity index is 2.61. The van der Waals surface area contributed by atoms with Gasteiger partial charge in [0.15, 0.2) is 0 Å². The summed E-state index contributed by atoms with van der Waals surface area (Å²) < 4.78 is 0. The van der Waals surface area contributed by atoms with Crippen LogP contribution in [0, 0.1) is 0 Å². The Kier molecular flexibility index (Phi) is 3.43. The molecule has 0 aliphatic carbocycles. The van der Waals surface area contributed by atoms with Crippen LogP contribution >= 0.6 is 11.8 Å². The summed E-state index contributed by atoms with van der Waals surface area (Å²) in [4.78, 5) is 4.07. The number of thioether (sulfide) groups is 1. The zero-order valence-corrected chi connectivity index (χ0v) is 7.77. The van der Waals surface area contributed by atoms with Gasteiger partial charge in [0.1, 0.15) is 0 Å². The second kappa shape index (κ2) is 4.39. The molecule has 1 rings (SSSR count). The van der Waals surface area contributed by atoms with Crippen LogP contribution in [0.2, 0.25) is 0 Å². The summed E-state index contributed by atoms with van der Waals surface area (Å²) in [5, 5.41) is 0.578. The lowest BCUT2D eigenvalue weighted by Gasteiger charge is -2.08. The summed E-state index contributed by atoms with van der Waals surface area (Å²) in [7, 11) is 0. The van der Waals surface area contributed by atoms with Gasteiger partial charge in [-0.1, -0.05) is 13.0 Å². The summed E-state index contributed by atoms with van der Waals surface area (Å²) in [6.07, 6.45) is 3.75. The fraction of sp³-hybridized carbons (Fsp3) is 0.444. The first-order chi connectivity index (χ1) is 5.34. The molecule has 0 amide bonds. The van der Waals surface area contributed by atoms with E-state index in [0.717, 1.165) is 5.75 Å². The van der Waals surface area contributed by atoms with Gasteiger partial charge in [0.25, 0.3) is 0 Å². The second-order valence-corrected chi connectivity index (χ2v) is 4.00. The van der Waals surface area contributed by atoms with Crippen LogP contribution < -0.4 is 0 Å². The average molecular weight is 167 g/mol. The number of pyridine rings is 1. The minimum atomic E-state index is 0.578. The molecule has 0 bridgehead atoms. The van der Waals surface area contributed by atoms with E-state index in [2.05, 4.69) is 24.9 Å². The molecule has 0 saturated heterocycles. The smallest absolute Gasteiger partial charge is 0.0311 e. The molecule has 1 atom stereocenters. The molecule has 0 saturated carbocycles. The molecule has 0 radical (unpaired) electrons. The zero-order chi connectivity index (χ0) is 8.10. The van der Waals surface area contributed by atoms with Crippen molar-refractivity contribution in [1.82, 2.24) is 4.98 Å². The molecular formula is C9H13NS. The molecule has 1 aromatic heterocycles. The van der Waals surface area contributed by atoms with Crippen molar-refractivity contribution in [2.45, 2.75) is 19.1 Å². The van der Waals surface area contributed by atoms with Crippen molar-refractivity contribution in [1.29, 1.82) is 0 Å². The summed E-state index contributed by atoms with van der Waals surface area (Å²) in [6, 6.07) is 4.11. The lowest BCUT2D eigenvalue weighted by atomic mass is 10.2. The van der Waals surface area contributed by atoms with E-state index in [1.807, 2.05) is 30.2 Å². The highest BCUT2D eigenvalue weighted by Crippen LogP contribution is 2.26. The van der Waals surface area contributed by atoms with Crippen LogP contribution in [0.3, 0.4) is 0 Å². The van der Waals surface area contributed by atoms with E-state index in [9.17, 15) is 0 Å². The van der Waals surface area contributed by atoms with Gasteiger partial charge in [-0.2, -0.15) is 11.8 Å². The predicted molar refractivity (Wildman–Crippen MR) is 50.8 cm³/mol. The third-order valence-electron chi connectivity index (χ3n) is 1.57. The summed E-state index contributed by atoms with van der Waals surface area (Å²) >= 11 is 1.94. The summed E-state index contributed by atoms with van der Waals surface area (Å²) in [5.74, 6) is 1.16. The van der Waals surface area contributed by atoms with Gasteiger partial charge in [-0.15, -0.1) is 0 Å². The Bertz CT molecular complexity index is 198. The Morgan fingerprint density at radius 1 is 1.64 bits per heavy atom. The Labute approximate surface area is 72.2 Å². The van der Waals surface area contributed by atoms with E-state index in [1.165, 1.54) is 5.56 Å². The maximum atomic E-state index is 4.07. The zero-order valence-electron chi connectivity index (χ0n) is 6.95. The van der Waals surface area contributed by atoms with Crippen molar-refractivity contribution in [3.63, 3.8) is 0 Å². The molecule has 0 spiro atoms. The molecule has 0 aliphatic heterocycles. The molecule has 11 heavy (non-hydrogen) atoms. The molecule has 0 aromatic carbocycles. The highest BCUT2D eigenvalue weighted by molar-refractivity contribution is 7.99. The van der Waals surface area contributed by atoms with Gasteiger partial charge in [0.2, 0.25) is 0 Å². The second-order valence-electron chi connectivity index (χ2n) is 2.38. The van der Waals surface area contributed by atoms with Crippen LogP contribution in [0.25, 0.3) is 0 Å². The normalized spacial score (nSPS) is 12.9. The predicted octanol–water partition coefficient (Wildman–Crippen LogP) is 2.90. The first-order valence-electron chi connectivity index (χ1n) is 3.86. The molecular weight excluding hydrogens is 154 g/mol. The van der Waals surface area contributed by atoms with E-state index in [4.69, 9.17) is 0 Å². The van der Waals surface area contributed by atoms with Crippen LogP contribution in [-0.4, -0.2) is 10.7 Å². The van der Waals surface area contributed by atoms with Crippen LogP contribution in [0.4, 0.5) is 0 Å². The van der Waals surface area contributed by atoms with Crippen LogP contribution in [0.5, 0.6) is 0 Å². The molecule has 2 heteroatoms. The Morgan fingerprint density at radius 3 is 3.00 bits per heavy atom. The molecule has 1 unspecified atom stereocenters. The standard InChI is InChI=1S/C9H13NS/c1-3-11-8(2)9-5-4-6-10-7-9/h4-8H,3H2,1-2H3. The highest BCUT2D eigenvalue weighted by Gasteiger charge is 2.02. The van der Waals surface area contributed by atoms with Gasteiger partial charge in [-0.3, -0.25) is 4.98 Å². The molecule has 1 aromatic rings. The number of rotatable bonds is 3. The molecule has 0 fully saturated rings. The summed E-state index contributed by atoms with van der Waals surface area (Å²) in [6.45, 7) is 4.39. The van der Waals surface area contributed by atoms with Gasteiger partial charge < -0.3 is 0 Å². The monoisotopic (exact) mass is 167 g/mol. The van der Waals surface area contributed by atoms with Gasteiger partial charge in [0, 0.05) is 17.6 Å². The fourth-order valence-electron chi connectivity index (χ4n) is 0.963. The maximum absolute atomic E-state index is 4.07. The van der Waals surface area contributed by atoms with Crippen molar-refractivity contribution in [3.05, 3.63) is 30.1 Å². The van der Waals surface area contributed by atoms with Crippen molar-refractivity contribution < 1.29 is 0 Å². The third-order valence-corrected chi connectivity index (χ3v) is 2.68. The first-order valence-corrected chi connectivity index (χ1v) is 4.91. The lowest BCUT2D eigenvalue weighted by molar-refractivity contribution is 1.07. The number of hydrogen-bond donors (Lipinski definition) is 0. The van der Waals surface area contributed by atoms with Crippen molar-refractivity contribution in [2.75, 3.05) is 5.75 Å². The molecule has 1 heterocycles. The van der Waals surface area contributed by atoms with Crippen molar-refractivity contribution in [3.8, 4) is 0 Å². The van der Waals surface area contributed by atoms with Crippen molar-refractivity contribution >= 4 is 11.8 Å². The van der Waals surface area contributed by atoms with E-state index in [-0.39, 0.29) is 0 Å². The Morgan fingerprint density at radius 2 is 2.45 bits per heavy atom. The van der Waals surface area contributed by atoms with E-state index >= 15 is 0 Å². The minimum Gasteiger partial charge on any atom is -0.264 e. The topological polar surface area (TPSA) is 12.9 Å². The fourth-order valence-corrected chi connectivity index (χ4v) is 1.79. The van der Waals surface area contributed by atoms with Gasteiger partial charge in [-0.25, -0.2) is 0 Å². The van der Waals surface area contributed by atoms with Gasteiger partial charge >= 0.3 is 0 Å². The summed E-state index contributed by atoms with van der Waals surface area (Å²) in [5.41, 5.74) is 1.32. The molecule has 60 valence electrons. The maximum Gasteiger partial charge on any atom is 0.0311 e. The quantitative estimate of drug-likeness (QED) is 0.686. The van der Waals surface area contributed by atoms with Crippen LogP contribution in [0.15, 0.2) is 24.5 Å². The number of nitrogens with zero attached hydrogens (tertiary/aromatic N) is 1. The van der Waals surface area contributed by atoms with E-state index in [0.29, 0.717) is 5.25 Å². The molecule has 0 aliphatic rings. The highest BCUT2D eigenvalue weighted by atomic mass is 32.2. The third kappa shape index (κ3) is 2.54. The SMILES string of the molecule is CCSC(C)c1cccnc1. The lowest BCUT2D eigenvalue weighted by Crippen LogP contribution is -1.88.